The number of alkyl halides is 2. The van der Waals surface area contributed by atoms with Crippen LogP contribution in [0.1, 0.15) is 51.0 Å². The molecule has 4 rings (SSSR count). The van der Waals surface area contributed by atoms with Gasteiger partial charge in [0.2, 0.25) is 5.92 Å². The highest BCUT2D eigenvalue weighted by molar-refractivity contribution is 5.76. The fourth-order valence-corrected chi connectivity index (χ4v) is 4.41. The van der Waals surface area contributed by atoms with E-state index < -0.39 is 5.92 Å². The van der Waals surface area contributed by atoms with Crippen LogP contribution in [0.5, 0.6) is 11.5 Å². The molecule has 2 atom stereocenters. The topological polar surface area (TPSA) is 51.7 Å². The summed E-state index contributed by atoms with van der Waals surface area (Å²) in [4.78, 5) is 18.0. The molecule has 5 nitrogen and oxygen atoms in total. The highest BCUT2D eigenvalue weighted by Gasteiger charge is 2.45. The highest BCUT2D eigenvalue weighted by Crippen LogP contribution is 2.42. The zero-order valence-corrected chi connectivity index (χ0v) is 18.6. The lowest BCUT2D eigenvalue weighted by molar-refractivity contribution is -0.119. The number of nitrogens with zero attached hydrogens (tertiary/aromatic N) is 2. The summed E-state index contributed by atoms with van der Waals surface area (Å²) >= 11 is 0. The number of pyridine rings is 1. The standard InChI is InChI=1S/C25H30F2N2O3/c1-17(11-18(2)30)20-3-5-21(6-4-20)32-23-9-10-29(15-23)24-8-7-22(14-28-24)31-16-19-12-25(26,27)13-19/h3-8,14,17,19,23H,9-13,15-16H2,1-2H3/t17-,23-/m1/s1. The van der Waals surface area contributed by atoms with Gasteiger partial charge in [0.1, 0.15) is 29.2 Å². The van der Waals surface area contributed by atoms with Crippen LogP contribution in [0.3, 0.4) is 0 Å². The molecule has 1 aromatic carbocycles. The van der Waals surface area contributed by atoms with Crippen molar-refractivity contribution in [2.24, 2.45) is 5.92 Å². The van der Waals surface area contributed by atoms with Crippen LogP contribution >= 0.6 is 0 Å². The minimum absolute atomic E-state index is 0.0763. The smallest absolute Gasteiger partial charge is 0.248 e. The van der Waals surface area contributed by atoms with E-state index in [1.54, 1.807) is 13.1 Å². The van der Waals surface area contributed by atoms with Gasteiger partial charge in [-0.1, -0.05) is 19.1 Å². The monoisotopic (exact) mass is 444 g/mol. The summed E-state index contributed by atoms with van der Waals surface area (Å²) < 4.78 is 37.6. The molecule has 0 radical (unpaired) electrons. The Balaban J connectivity index is 1.24. The SMILES string of the molecule is CC(=O)C[C@@H](C)c1ccc(O[C@@H]2CCN(c3ccc(OCC4CC(F)(F)C4)cn3)C2)cc1. The number of anilines is 1. The Labute approximate surface area is 187 Å². The van der Waals surface area contributed by atoms with E-state index in [-0.39, 0.29) is 36.6 Å². The average Bonchev–Trinajstić information content (AvgIpc) is 3.19. The van der Waals surface area contributed by atoms with Gasteiger partial charge in [0.05, 0.1) is 19.3 Å². The Morgan fingerprint density at radius 1 is 1.19 bits per heavy atom. The summed E-state index contributed by atoms with van der Waals surface area (Å²) in [5.41, 5.74) is 1.14. The van der Waals surface area contributed by atoms with Crippen LogP contribution in [0.15, 0.2) is 42.6 Å². The van der Waals surface area contributed by atoms with Gasteiger partial charge < -0.3 is 19.2 Å². The molecule has 0 N–H and O–H groups in total. The van der Waals surface area contributed by atoms with Crippen molar-refractivity contribution in [3.63, 3.8) is 0 Å². The molecule has 7 heteroatoms. The molecule has 2 aliphatic rings. The van der Waals surface area contributed by atoms with Gasteiger partial charge in [-0.3, -0.25) is 0 Å². The van der Waals surface area contributed by atoms with E-state index >= 15 is 0 Å². The number of carbonyl (C=O) groups is 1. The molecule has 1 aliphatic carbocycles. The molecule has 2 heterocycles. The number of ether oxygens (including phenoxy) is 2. The third-order valence-electron chi connectivity index (χ3n) is 6.20. The fourth-order valence-electron chi connectivity index (χ4n) is 4.41. The van der Waals surface area contributed by atoms with Crippen LogP contribution in [-0.4, -0.2) is 42.5 Å². The number of carbonyl (C=O) groups excluding carboxylic acids is 1. The van der Waals surface area contributed by atoms with Crippen LogP contribution in [0.2, 0.25) is 0 Å². The number of benzene rings is 1. The number of ketones is 1. The second kappa shape index (κ2) is 9.43. The van der Waals surface area contributed by atoms with Crippen molar-refractivity contribution in [1.29, 1.82) is 0 Å². The molecule has 1 saturated carbocycles. The Kier molecular flexibility index (Phi) is 6.63. The maximum Gasteiger partial charge on any atom is 0.248 e. The molecule has 2 aromatic rings. The van der Waals surface area contributed by atoms with Gasteiger partial charge >= 0.3 is 0 Å². The second-order valence-electron chi connectivity index (χ2n) is 9.14. The number of rotatable bonds is 9. The lowest BCUT2D eigenvalue weighted by atomic mass is 9.82. The molecule has 0 amide bonds. The fraction of sp³-hybridized carbons (Fsp3) is 0.520. The molecule has 1 aliphatic heterocycles. The van der Waals surface area contributed by atoms with Crippen molar-refractivity contribution in [2.75, 3.05) is 24.6 Å². The van der Waals surface area contributed by atoms with Crippen molar-refractivity contribution < 1.29 is 23.0 Å². The lowest BCUT2D eigenvalue weighted by Crippen LogP contribution is -2.38. The van der Waals surface area contributed by atoms with E-state index in [0.29, 0.717) is 18.8 Å². The maximum absolute atomic E-state index is 12.9. The Morgan fingerprint density at radius 2 is 1.91 bits per heavy atom. The quantitative estimate of drug-likeness (QED) is 0.529. The van der Waals surface area contributed by atoms with Gasteiger partial charge in [-0.05, 0) is 42.7 Å². The van der Waals surface area contributed by atoms with Crippen molar-refractivity contribution in [3.8, 4) is 11.5 Å². The third-order valence-corrected chi connectivity index (χ3v) is 6.20. The van der Waals surface area contributed by atoms with Crippen LogP contribution in [0, 0.1) is 5.92 Å². The summed E-state index contributed by atoms with van der Waals surface area (Å²) in [5.74, 6) is 0.0976. The first-order valence-electron chi connectivity index (χ1n) is 11.2. The van der Waals surface area contributed by atoms with E-state index in [1.807, 2.05) is 36.4 Å². The van der Waals surface area contributed by atoms with Gasteiger partial charge in [0.25, 0.3) is 0 Å². The van der Waals surface area contributed by atoms with Gasteiger partial charge in [0.15, 0.2) is 0 Å². The predicted octanol–water partition coefficient (Wildman–Crippen LogP) is 5.25. The predicted molar refractivity (Wildman–Crippen MR) is 119 cm³/mol. The van der Waals surface area contributed by atoms with Crippen LogP contribution in [0.25, 0.3) is 0 Å². The van der Waals surface area contributed by atoms with Crippen LogP contribution < -0.4 is 14.4 Å². The molecule has 1 saturated heterocycles. The molecular formula is C25H30F2N2O3. The number of aromatic nitrogens is 1. The zero-order chi connectivity index (χ0) is 22.7. The first-order valence-corrected chi connectivity index (χ1v) is 11.2. The number of hydrogen-bond donors (Lipinski definition) is 0. The minimum atomic E-state index is -2.51. The Hall–Kier alpha value is -2.70. The van der Waals surface area contributed by atoms with E-state index in [2.05, 4.69) is 16.8 Å². The van der Waals surface area contributed by atoms with E-state index in [4.69, 9.17) is 9.47 Å². The van der Waals surface area contributed by atoms with Crippen LogP contribution in [-0.2, 0) is 4.79 Å². The molecule has 32 heavy (non-hydrogen) atoms. The Morgan fingerprint density at radius 3 is 2.53 bits per heavy atom. The lowest BCUT2D eigenvalue weighted by Gasteiger charge is -2.34. The van der Waals surface area contributed by atoms with Gasteiger partial charge in [-0.2, -0.15) is 0 Å². The summed E-state index contributed by atoms with van der Waals surface area (Å²) in [6.45, 7) is 5.58. The number of hydrogen-bond acceptors (Lipinski definition) is 5. The molecular weight excluding hydrogens is 414 g/mol. The summed E-state index contributed by atoms with van der Waals surface area (Å²) in [5, 5.41) is 0. The average molecular weight is 445 g/mol. The first kappa shape index (κ1) is 22.5. The number of halogens is 2. The first-order chi connectivity index (χ1) is 15.3. The second-order valence-corrected chi connectivity index (χ2v) is 9.14. The van der Waals surface area contributed by atoms with Gasteiger partial charge in [-0.15, -0.1) is 0 Å². The minimum Gasteiger partial charge on any atom is -0.492 e. The normalized spacial score (nSPS) is 21.1. The van der Waals surface area contributed by atoms with E-state index in [1.165, 1.54) is 0 Å². The summed E-state index contributed by atoms with van der Waals surface area (Å²) in [6.07, 6.45) is 3.00. The van der Waals surface area contributed by atoms with Crippen molar-refractivity contribution >= 4 is 11.6 Å². The maximum atomic E-state index is 12.9. The van der Waals surface area contributed by atoms with Crippen molar-refractivity contribution in [3.05, 3.63) is 48.2 Å². The molecule has 1 aromatic heterocycles. The summed E-state index contributed by atoms with van der Waals surface area (Å²) in [7, 11) is 0. The third kappa shape index (κ3) is 5.75. The Bertz CT molecular complexity index is 910. The molecule has 172 valence electrons. The molecule has 2 fully saturated rings. The largest absolute Gasteiger partial charge is 0.492 e. The number of Topliss-reactive ketones (excluding diaryl/α,β-unsaturated/α-hetero) is 1. The zero-order valence-electron chi connectivity index (χ0n) is 18.6. The summed E-state index contributed by atoms with van der Waals surface area (Å²) in [6, 6.07) is 11.7. The van der Waals surface area contributed by atoms with Crippen molar-refractivity contribution in [2.45, 2.75) is 57.5 Å². The van der Waals surface area contributed by atoms with E-state index in [0.717, 1.165) is 36.6 Å². The molecule has 0 spiro atoms. The van der Waals surface area contributed by atoms with E-state index in [9.17, 15) is 13.6 Å². The highest BCUT2D eigenvalue weighted by atomic mass is 19.3. The van der Waals surface area contributed by atoms with Crippen molar-refractivity contribution in [1.82, 2.24) is 4.98 Å². The molecule has 0 bridgehead atoms. The van der Waals surface area contributed by atoms with Gasteiger partial charge in [-0.25, -0.2) is 13.8 Å². The van der Waals surface area contributed by atoms with Crippen LogP contribution in [0.4, 0.5) is 14.6 Å². The molecule has 0 unspecified atom stereocenters. The van der Waals surface area contributed by atoms with Gasteiger partial charge in [0, 0.05) is 38.1 Å².